The predicted octanol–water partition coefficient (Wildman–Crippen LogP) is 9.63. The molecule has 11 heteroatoms. The quantitative estimate of drug-likeness (QED) is 0.0238. The maximum atomic E-state index is 13.4. The molecule has 6 atom stereocenters. The van der Waals surface area contributed by atoms with Crippen LogP contribution in [0.1, 0.15) is 136 Å². The highest BCUT2D eigenvalue weighted by Gasteiger charge is 2.44. The van der Waals surface area contributed by atoms with E-state index in [1.165, 1.54) is 0 Å². The van der Waals surface area contributed by atoms with E-state index in [-0.39, 0.29) is 24.7 Å². The highest BCUT2D eigenvalue weighted by Crippen LogP contribution is 2.20. The van der Waals surface area contributed by atoms with Crippen LogP contribution in [0.2, 0.25) is 0 Å². The van der Waals surface area contributed by atoms with Crippen LogP contribution in [0.5, 0.6) is 0 Å². The van der Waals surface area contributed by atoms with Crippen LogP contribution in [0.3, 0.4) is 0 Å². The second-order valence-corrected chi connectivity index (χ2v) is 16.1. The number of unbranched alkanes of at least 4 members (excludes halogenated alkanes) is 1. The molecule has 0 aromatic carbocycles. The maximum Gasteiger partial charge on any atom is 0.243 e. The predicted molar refractivity (Wildman–Crippen MR) is 276 cm³/mol. The molecule has 0 bridgehead atoms. The molecule has 1 aliphatic heterocycles. The monoisotopic (exact) mass is 928 g/mol. The Kier molecular flexibility index (Phi) is 39.2. The summed E-state index contributed by atoms with van der Waals surface area (Å²) in [4.78, 5) is 38.8. The summed E-state index contributed by atoms with van der Waals surface area (Å²) in [5, 5.41) is 48.9. The van der Waals surface area contributed by atoms with E-state index < -0.39 is 49.2 Å². The lowest BCUT2D eigenvalue weighted by Gasteiger charge is -2.40. The van der Waals surface area contributed by atoms with E-state index in [1.807, 2.05) is 24.3 Å². The first-order valence-electron chi connectivity index (χ1n) is 24.7. The van der Waals surface area contributed by atoms with Crippen molar-refractivity contribution in [1.82, 2.24) is 16.0 Å². The van der Waals surface area contributed by atoms with E-state index in [2.05, 4.69) is 151 Å². The number of amides is 3. The SMILES string of the molecule is CC/C=C\C/C=C\C/C=C\C/C=C\C/C=C\C/C=C\CCC(=O)NCCCC[C@H](NC(=O)CC/C=C\C/C=C\C/C=C\C/C=C\C/C=C\C/C=C\CC)C(=O)NC1[C@H](O)OC(CO)[C@@H](O)[C@H]1O. The van der Waals surface area contributed by atoms with E-state index in [0.717, 1.165) is 77.0 Å². The minimum atomic E-state index is -1.69. The summed E-state index contributed by atoms with van der Waals surface area (Å²) in [6.07, 6.45) is 59.1. The number of hydrogen-bond donors (Lipinski definition) is 7. The van der Waals surface area contributed by atoms with E-state index in [0.29, 0.717) is 38.6 Å². The van der Waals surface area contributed by atoms with Gasteiger partial charge in [-0.2, -0.15) is 0 Å². The third kappa shape index (κ3) is 34.1. The van der Waals surface area contributed by atoms with Gasteiger partial charge in [0.05, 0.1) is 6.61 Å². The van der Waals surface area contributed by atoms with Gasteiger partial charge in [0.1, 0.15) is 30.4 Å². The molecule has 0 aliphatic carbocycles. The van der Waals surface area contributed by atoms with Crippen molar-refractivity contribution in [3.05, 3.63) is 146 Å². The van der Waals surface area contributed by atoms with E-state index >= 15 is 0 Å². The van der Waals surface area contributed by atoms with E-state index in [4.69, 9.17) is 4.74 Å². The molecule has 1 rings (SSSR count). The standard InChI is InChI=1S/C56H85N3O8/c1-3-5-7-9-11-13-15-17-19-21-23-25-27-29-31-33-35-37-39-44-50(61)57-46-42-41-43-48(55(65)59-52-54(64)53(63)49(47-60)67-56(52)66)58-51(62)45-40-38-36-34-32-30-28-26-24-22-20-18-16-14-12-10-8-6-4-2/h5-8,11-14,17-20,23-26,29-32,35-38,48-49,52-54,56,60,63-64,66H,3-4,9-10,15-16,21-22,27-28,33-34,39-47H2,1-2H3,(H,57,61)(H,58,62)(H,59,65)/b7-5-,8-6-,13-11-,14-12-,19-17-,20-18-,25-23-,26-24-,31-29-,32-30-,37-35-,38-36-/t48-,49?,52?,53+,54-,56+/m0/s1. The number of allylic oxidation sites excluding steroid dienone is 24. The topological polar surface area (TPSA) is 177 Å². The molecule has 372 valence electrons. The molecule has 67 heavy (non-hydrogen) atoms. The zero-order chi connectivity index (χ0) is 48.8. The Balaban J connectivity index is 2.45. The van der Waals surface area contributed by atoms with Crippen molar-refractivity contribution >= 4 is 17.7 Å². The molecule has 2 unspecified atom stereocenters. The molecule has 1 saturated heterocycles. The van der Waals surface area contributed by atoms with Crippen molar-refractivity contribution in [2.45, 2.75) is 173 Å². The van der Waals surface area contributed by atoms with Crippen molar-refractivity contribution in [3.63, 3.8) is 0 Å². The molecule has 0 spiro atoms. The summed E-state index contributed by atoms with van der Waals surface area (Å²) in [5.41, 5.74) is 0. The van der Waals surface area contributed by atoms with Gasteiger partial charge < -0.3 is 41.1 Å². The average molecular weight is 928 g/mol. The van der Waals surface area contributed by atoms with Crippen LogP contribution >= 0.6 is 0 Å². The van der Waals surface area contributed by atoms with Gasteiger partial charge in [-0.3, -0.25) is 14.4 Å². The summed E-state index contributed by atoms with van der Waals surface area (Å²) >= 11 is 0. The van der Waals surface area contributed by atoms with Crippen LogP contribution in [0.15, 0.2) is 146 Å². The minimum Gasteiger partial charge on any atom is -0.394 e. The van der Waals surface area contributed by atoms with Crippen LogP contribution in [0.25, 0.3) is 0 Å². The van der Waals surface area contributed by atoms with Gasteiger partial charge in [-0.15, -0.1) is 0 Å². The third-order valence-electron chi connectivity index (χ3n) is 10.4. The van der Waals surface area contributed by atoms with Crippen LogP contribution in [0, 0.1) is 0 Å². The fourth-order valence-corrected chi connectivity index (χ4v) is 6.55. The number of aliphatic hydroxyl groups excluding tert-OH is 4. The summed E-state index contributed by atoms with van der Waals surface area (Å²) < 4.78 is 5.19. The number of hydrogen-bond acceptors (Lipinski definition) is 8. The zero-order valence-corrected chi connectivity index (χ0v) is 40.6. The molecule has 3 amide bonds. The molecule has 1 fully saturated rings. The second kappa shape index (κ2) is 43.6. The Morgan fingerprint density at radius 1 is 0.507 bits per heavy atom. The second-order valence-electron chi connectivity index (χ2n) is 16.1. The normalized spacial score (nSPS) is 20.2. The van der Waals surface area contributed by atoms with Crippen LogP contribution in [-0.2, 0) is 19.1 Å². The van der Waals surface area contributed by atoms with Gasteiger partial charge >= 0.3 is 0 Å². The van der Waals surface area contributed by atoms with Crippen molar-refractivity contribution in [1.29, 1.82) is 0 Å². The lowest BCUT2D eigenvalue weighted by Crippen LogP contribution is -2.65. The molecule has 0 radical (unpaired) electrons. The largest absolute Gasteiger partial charge is 0.394 e. The molecule has 7 N–H and O–H groups in total. The van der Waals surface area contributed by atoms with Crippen molar-refractivity contribution < 1.29 is 39.5 Å². The van der Waals surface area contributed by atoms with Gasteiger partial charge in [0.15, 0.2) is 6.29 Å². The van der Waals surface area contributed by atoms with E-state index in [9.17, 15) is 34.8 Å². The lowest BCUT2D eigenvalue weighted by molar-refractivity contribution is -0.254. The van der Waals surface area contributed by atoms with Crippen molar-refractivity contribution in [3.8, 4) is 0 Å². The third-order valence-corrected chi connectivity index (χ3v) is 10.4. The van der Waals surface area contributed by atoms with Gasteiger partial charge in [-0.05, 0) is 109 Å². The Morgan fingerprint density at radius 2 is 0.881 bits per heavy atom. The summed E-state index contributed by atoms with van der Waals surface area (Å²) in [7, 11) is 0. The zero-order valence-electron chi connectivity index (χ0n) is 40.6. The number of rotatable bonds is 37. The minimum absolute atomic E-state index is 0.0726. The molecular weight excluding hydrogens is 843 g/mol. The Bertz CT molecular complexity index is 1670. The Labute approximate surface area is 403 Å². The number of nitrogens with one attached hydrogen (secondary N) is 3. The molecule has 11 nitrogen and oxygen atoms in total. The van der Waals surface area contributed by atoms with Gasteiger partial charge in [0, 0.05) is 19.4 Å². The van der Waals surface area contributed by atoms with Crippen LogP contribution < -0.4 is 16.0 Å². The van der Waals surface area contributed by atoms with Gasteiger partial charge in [-0.25, -0.2) is 0 Å². The number of carbonyl (C=O) groups excluding carboxylic acids is 3. The molecular formula is C56H85N3O8. The summed E-state index contributed by atoms with van der Waals surface area (Å²) in [5.74, 6) is -1.08. The molecule has 0 saturated carbocycles. The molecule has 1 heterocycles. The van der Waals surface area contributed by atoms with E-state index in [1.54, 1.807) is 0 Å². The van der Waals surface area contributed by atoms with Crippen molar-refractivity contribution in [2.24, 2.45) is 0 Å². The number of aliphatic hydroxyl groups is 4. The fourth-order valence-electron chi connectivity index (χ4n) is 6.55. The number of ether oxygens (including phenoxy) is 1. The molecule has 1 aliphatic rings. The first kappa shape index (κ1) is 60.1. The first-order valence-corrected chi connectivity index (χ1v) is 24.7. The lowest BCUT2D eigenvalue weighted by atomic mass is 9.96. The maximum absolute atomic E-state index is 13.4. The van der Waals surface area contributed by atoms with Gasteiger partial charge in [-0.1, -0.05) is 160 Å². The highest BCUT2D eigenvalue weighted by molar-refractivity contribution is 5.87. The van der Waals surface area contributed by atoms with Crippen molar-refractivity contribution in [2.75, 3.05) is 13.2 Å². The van der Waals surface area contributed by atoms with Crippen LogP contribution in [0.4, 0.5) is 0 Å². The smallest absolute Gasteiger partial charge is 0.243 e. The summed E-state index contributed by atoms with van der Waals surface area (Å²) in [6, 6.07) is -2.39. The summed E-state index contributed by atoms with van der Waals surface area (Å²) in [6.45, 7) is 4.03. The molecule has 0 aromatic heterocycles. The van der Waals surface area contributed by atoms with Gasteiger partial charge in [0.25, 0.3) is 0 Å². The highest BCUT2D eigenvalue weighted by atomic mass is 16.6. The Morgan fingerprint density at radius 3 is 1.27 bits per heavy atom. The first-order chi connectivity index (χ1) is 32.7. The number of carbonyl (C=O) groups is 3. The average Bonchev–Trinajstić information content (AvgIpc) is 3.32. The Hall–Kier alpha value is -4.91. The molecule has 0 aromatic rings. The van der Waals surface area contributed by atoms with Crippen LogP contribution in [-0.4, -0.2) is 88.0 Å². The fraction of sp³-hybridized carbons (Fsp3) is 0.518. The van der Waals surface area contributed by atoms with Gasteiger partial charge in [0.2, 0.25) is 17.7 Å².